The van der Waals surface area contributed by atoms with Gasteiger partial charge in [0.15, 0.2) is 11.5 Å². The second-order valence-corrected chi connectivity index (χ2v) is 6.60. The van der Waals surface area contributed by atoms with Crippen LogP contribution in [0, 0.1) is 0 Å². The van der Waals surface area contributed by atoms with Crippen molar-refractivity contribution in [2.45, 2.75) is 6.61 Å². The number of hydrogen-bond acceptors (Lipinski definition) is 9. The first-order chi connectivity index (χ1) is 13.6. The van der Waals surface area contributed by atoms with Crippen LogP contribution in [0.4, 0.5) is 10.9 Å². The van der Waals surface area contributed by atoms with Crippen LogP contribution in [-0.2, 0) is 6.61 Å². The lowest BCUT2D eigenvalue weighted by Gasteiger charge is -2.16. The third kappa shape index (κ3) is 5.00. The maximum Gasteiger partial charge on any atom is 0.492 e. The summed E-state index contributed by atoms with van der Waals surface area (Å²) in [6.45, 7) is 0.261. The molecule has 0 saturated heterocycles. The number of nitrogens with zero attached hydrogens (tertiary/aromatic N) is 2. The SMILES string of the molecule is COc1cc(C=NNc2nc(N)cs2)cc(B(O)O)c1OCc1ccccc1. The van der Waals surface area contributed by atoms with Gasteiger partial charge in [-0.1, -0.05) is 30.3 Å². The number of nitrogen functional groups attached to an aromatic ring is 1. The Morgan fingerprint density at radius 3 is 2.71 bits per heavy atom. The topological polar surface area (TPSA) is 122 Å². The number of ether oxygens (including phenoxy) is 2. The van der Waals surface area contributed by atoms with Crippen molar-refractivity contribution in [1.29, 1.82) is 0 Å². The second-order valence-electron chi connectivity index (χ2n) is 5.74. The molecular formula is C18H19BN4O4S. The molecule has 0 aliphatic carbocycles. The Hall–Kier alpha value is -3.08. The summed E-state index contributed by atoms with van der Waals surface area (Å²) in [5.74, 6) is 1.04. The van der Waals surface area contributed by atoms with Crippen molar-refractivity contribution in [3.63, 3.8) is 0 Å². The van der Waals surface area contributed by atoms with Gasteiger partial charge < -0.3 is 25.3 Å². The van der Waals surface area contributed by atoms with Gasteiger partial charge in [-0.3, -0.25) is 5.43 Å². The fourth-order valence-corrected chi connectivity index (χ4v) is 3.00. The van der Waals surface area contributed by atoms with E-state index in [0.29, 0.717) is 22.3 Å². The first-order valence-corrected chi connectivity index (χ1v) is 9.19. The Morgan fingerprint density at radius 2 is 2.07 bits per heavy atom. The van der Waals surface area contributed by atoms with E-state index in [1.807, 2.05) is 30.3 Å². The highest BCUT2D eigenvalue weighted by Gasteiger charge is 2.22. The van der Waals surface area contributed by atoms with E-state index in [9.17, 15) is 10.0 Å². The lowest BCUT2D eigenvalue weighted by Crippen LogP contribution is -2.32. The molecule has 1 aromatic heterocycles. The van der Waals surface area contributed by atoms with Crippen molar-refractivity contribution < 1.29 is 19.5 Å². The minimum Gasteiger partial charge on any atom is -0.493 e. The van der Waals surface area contributed by atoms with Crippen molar-refractivity contribution >= 4 is 41.1 Å². The van der Waals surface area contributed by atoms with Gasteiger partial charge in [-0.15, -0.1) is 11.3 Å². The lowest BCUT2D eigenvalue weighted by molar-refractivity contribution is 0.285. The molecule has 0 saturated carbocycles. The van der Waals surface area contributed by atoms with Crippen LogP contribution in [0.15, 0.2) is 52.9 Å². The number of hydrogen-bond donors (Lipinski definition) is 4. The van der Waals surface area contributed by atoms with Crippen molar-refractivity contribution in [1.82, 2.24) is 4.98 Å². The second kappa shape index (κ2) is 9.22. The molecule has 8 nitrogen and oxygen atoms in total. The van der Waals surface area contributed by atoms with Gasteiger partial charge in [-0.05, 0) is 23.3 Å². The maximum atomic E-state index is 9.79. The zero-order valence-corrected chi connectivity index (χ0v) is 15.9. The molecule has 0 aliphatic heterocycles. The standard InChI is InChI=1S/C18H19BN4O4S/c1-26-15-8-13(9-21-23-18-22-16(20)11-28-18)7-14(19(24)25)17(15)27-10-12-5-3-2-4-6-12/h2-9,11,24-25H,10,20H2,1H3,(H,22,23). The van der Waals surface area contributed by atoms with E-state index in [1.165, 1.54) is 24.7 Å². The quantitative estimate of drug-likeness (QED) is 0.257. The third-order valence-electron chi connectivity index (χ3n) is 3.73. The Bertz CT molecular complexity index is 950. The van der Waals surface area contributed by atoms with Crippen molar-refractivity contribution in [3.8, 4) is 11.5 Å². The average molecular weight is 398 g/mol. The Morgan fingerprint density at radius 1 is 1.29 bits per heavy atom. The van der Waals surface area contributed by atoms with Gasteiger partial charge in [0.2, 0.25) is 5.13 Å². The molecule has 3 rings (SSSR count). The Labute approximate surface area is 166 Å². The molecule has 3 aromatic rings. The van der Waals surface area contributed by atoms with E-state index in [4.69, 9.17) is 15.2 Å². The smallest absolute Gasteiger partial charge is 0.492 e. The van der Waals surface area contributed by atoms with Gasteiger partial charge in [-0.25, -0.2) is 4.98 Å². The fraction of sp³-hybridized carbons (Fsp3) is 0.111. The number of rotatable bonds is 8. The number of anilines is 2. The first-order valence-electron chi connectivity index (χ1n) is 8.31. The van der Waals surface area contributed by atoms with E-state index in [0.717, 1.165) is 5.56 Å². The monoisotopic (exact) mass is 398 g/mol. The minimum absolute atomic E-state index is 0.176. The molecule has 144 valence electrons. The van der Waals surface area contributed by atoms with Gasteiger partial charge in [0.1, 0.15) is 12.4 Å². The molecule has 0 atom stereocenters. The molecule has 0 fully saturated rings. The van der Waals surface area contributed by atoms with Crippen LogP contribution < -0.4 is 26.1 Å². The van der Waals surface area contributed by atoms with E-state index in [-0.39, 0.29) is 17.8 Å². The van der Waals surface area contributed by atoms with Crippen LogP contribution >= 0.6 is 11.3 Å². The number of thiazole rings is 1. The van der Waals surface area contributed by atoms with Crippen LogP contribution in [0.3, 0.4) is 0 Å². The van der Waals surface area contributed by atoms with Crippen LogP contribution in [-0.4, -0.2) is 35.5 Å². The van der Waals surface area contributed by atoms with Gasteiger partial charge in [0.05, 0.1) is 13.3 Å². The molecule has 28 heavy (non-hydrogen) atoms. The highest BCUT2D eigenvalue weighted by molar-refractivity contribution is 7.14. The molecule has 1 heterocycles. The van der Waals surface area contributed by atoms with Gasteiger partial charge >= 0.3 is 7.12 Å². The highest BCUT2D eigenvalue weighted by atomic mass is 32.1. The summed E-state index contributed by atoms with van der Waals surface area (Å²) in [5, 5.41) is 25.9. The normalized spacial score (nSPS) is 10.8. The van der Waals surface area contributed by atoms with Crippen LogP contribution in [0.1, 0.15) is 11.1 Å². The summed E-state index contributed by atoms with van der Waals surface area (Å²) in [6, 6.07) is 12.8. The van der Waals surface area contributed by atoms with E-state index < -0.39 is 7.12 Å². The van der Waals surface area contributed by atoms with Gasteiger partial charge in [0.25, 0.3) is 0 Å². The molecule has 0 aliphatic rings. The summed E-state index contributed by atoms with van der Waals surface area (Å²) < 4.78 is 11.2. The van der Waals surface area contributed by atoms with E-state index >= 15 is 0 Å². The number of nitrogens with one attached hydrogen (secondary N) is 1. The van der Waals surface area contributed by atoms with E-state index in [1.54, 1.807) is 17.5 Å². The molecule has 0 bridgehead atoms. The minimum atomic E-state index is -1.74. The third-order valence-corrected chi connectivity index (χ3v) is 4.49. The number of aromatic nitrogens is 1. The molecular weight excluding hydrogens is 379 g/mol. The largest absolute Gasteiger partial charge is 0.493 e. The maximum absolute atomic E-state index is 9.79. The Balaban J connectivity index is 1.81. The number of nitrogens with two attached hydrogens (primary N) is 1. The van der Waals surface area contributed by atoms with Crippen LogP contribution in [0.2, 0.25) is 0 Å². The average Bonchev–Trinajstić information content (AvgIpc) is 3.12. The van der Waals surface area contributed by atoms with Crippen molar-refractivity contribution in [2.24, 2.45) is 5.10 Å². The van der Waals surface area contributed by atoms with Crippen LogP contribution in [0.25, 0.3) is 0 Å². The predicted molar refractivity (Wildman–Crippen MR) is 111 cm³/mol. The molecule has 2 aromatic carbocycles. The molecule has 10 heteroatoms. The predicted octanol–water partition coefficient (Wildman–Crippen LogP) is 1.44. The first kappa shape index (κ1) is 19.7. The summed E-state index contributed by atoms with van der Waals surface area (Å²) >= 11 is 1.32. The zero-order valence-electron chi connectivity index (χ0n) is 15.1. The number of hydrazone groups is 1. The van der Waals surface area contributed by atoms with Gasteiger partial charge in [0, 0.05) is 10.8 Å². The molecule has 0 amide bonds. The highest BCUT2D eigenvalue weighted by Crippen LogP contribution is 2.27. The van der Waals surface area contributed by atoms with Gasteiger partial charge in [-0.2, -0.15) is 5.10 Å². The summed E-state index contributed by atoms with van der Waals surface area (Å²) in [5.41, 5.74) is 10.0. The summed E-state index contributed by atoms with van der Waals surface area (Å²) in [4.78, 5) is 4.04. The van der Waals surface area contributed by atoms with Crippen molar-refractivity contribution in [3.05, 3.63) is 59.0 Å². The molecule has 0 radical (unpaired) electrons. The Kier molecular flexibility index (Phi) is 6.48. The summed E-state index contributed by atoms with van der Waals surface area (Å²) in [6.07, 6.45) is 1.51. The lowest BCUT2D eigenvalue weighted by atomic mass is 9.78. The van der Waals surface area contributed by atoms with E-state index in [2.05, 4.69) is 15.5 Å². The number of methoxy groups -OCH3 is 1. The summed E-state index contributed by atoms with van der Waals surface area (Å²) in [7, 11) is -0.254. The number of benzene rings is 2. The molecule has 0 unspecified atom stereocenters. The fourth-order valence-electron chi connectivity index (χ4n) is 2.45. The molecule has 5 N–H and O–H groups in total. The molecule has 0 spiro atoms. The van der Waals surface area contributed by atoms with Crippen LogP contribution in [0.5, 0.6) is 11.5 Å². The van der Waals surface area contributed by atoms with Crippen molar-refractivity contribution in [2.75, 3.05) is 18.3 Å². The zero-order chi connectivity index (χ0) is 19.9.